The standard InChI is InChI=1S/C13H13NO/c15-13(12-8-9-14-10-12)7-6-11-4-2-1-3-5-11/h1-5,8-10,14H,6-7H2. The number of benzene rings is 1. The third kappa shape index (κ3) is 2.56. The Kier molecular flexibility index (Phi) is 2.98. The summed E-state index contributed by atoms with van der Waals surface area (Å²) in [5, 5.41) is 0. The van der Waals surface area contributed by atoms with Gasteiger partial charge in [-0.2, -0.15) is 0 Å². The Morgan fingerprint density at radius 1 is 1.13 bits per heavy atom. The van der Waals surface area contributed by atoms with Crippen LogP contribution in [-0.2, 0) is 6.42 Å². The van der Waals surface area contributed by atoms with Crippen LogP contribution in [0.5, 0.6) is 0 Å². The van der Waals surface area contributed by atoms with Gasteiger partial charge in [0, 0.05) is 24.4 Å². The van der Waals surface area contributed by atoms with E-state index in [0.29, 0.717) is 6.42 Å². The van der Waals surface area contributed by atoms with E-state index in [0.717, 1.165) is 12.0 Å². The Morgan fingerprint density at radius 2 is 1.93 bits per heavy atom. The lowest BCUT2D eigenvalue weighted by molar-refractivity contribution is 0.0983. The molecule has 76 valence electrons. The van der Waals surface area contributed by atoms with Crippen molar-refractivity contribution in [1.82, 2.24) is 4.98 Å². The molecule has 0 aliphatic heterocycles. The Labute approximate surface area is 89.0 Å². The molecule has 1 aromatic heterocycles. The lowest BCUT2D eigenvalue weighted by Crippen LogP contribution is -1.99. The topological polar surface area (TPSA) is 32.9 Å². The van der Waals surface area contributed by atoms with Gasteiger partial charge in [0.1, 0.15) is 0 Å². The maximum absolute atomic E-state index is 11.7. The van der Waals surface area contributed by atoms with Crippen LogP contribution in [0.15, 0.2) is 48.8 Å². The quantitative estimate of drug-likeness (QED) is 0.754. The monoisotopic (exact) mass is 199 g/mol. The van der Waals surface area contributed by atoms with Crippen molar-refractivity contribution in [3.63, 3.8) is 0 Å². The summed E-state index contributed by atoms with van der Waals surface area (Å²) in [6, 6.07) is 11.9. The van der Waals surface area contributed by atoms with Gasteiger partial charge in [-0.25, -0.2) is 0 Å². The third-order valence-corrected chi connectivity index (χ3v) is 2.40. The van der Waals surface area contributed by atoms with E-state index < -0.39 is 0 Å². The van der Waals surface area contributed by atoms with E-state index in [2.05, 4.69) is 4.98 Å². The number of H-pyrrole nitrogens is 1. The number of hydrogen-bond acceptors (Lipinski definition) is 1. The highest BCUT2D eigenvalue weighted by Gasteiger charge is 2.05. The van der Waals surface area contributed by atoms with Gasteiger partial charge in [0.2, 0.25) is 0 Å². The normalized spacial score (nSPS) is 10.1. The number of carbonyl (C=O) groups excluding carboxylic acids is 1. The predicted molar refractivity (Wildman–Crippen MR) is 59.9 cm³/mol. The Hall–Kier alpha value is -1.83. The van der Waals surface area contributed by atoms with Crippen molar-refractivity contribution in [3.8, 4) is 0 Å². The first-order valence-corrected chi connectivity index (χ1v) is 5.06. The molecule has 0 unspecified atom stereocenters. The molecule has 1 aromatic carbocycles. The first-order valence-electron chi connectivity index (χ1n) is 5.06. The van der Waals surface area contributed by atoms with Crippen molar-refractivity contribution in [1.29, 1.82) is 0 Å². The van der Waals surface area contributed by atoms with Crippen LogP contribution in [0.3, 0.4) is 0 Å². The Balaban J connectivity index is 1.92. The number of rotatable bonds is 4. The summed E-state index contributed by atoms with van der Waals surface area (Å²) in [7, 11) is 0. The molecule has 2 aromatic rings. The van der Waals surface area contributed by atoms with Gasteiger partial charge in [0.15, 0.2) is 5.78 Å². The number of aromatic nitrogens is 1. The van der Waals surface area contributed by atoms with Crippen LogP contribution in [0.25, 0.3) is 0 Å². The summed E-state index contributed by atoms with van der Waals surface area (Å²) in [4.78, 5) is 14.5. The third-order valence-electron chi connectivity index (χ3n) is 2.40. The molecular formula is C13H13NO. The van der Waals surface area contributed by atoms with Gasteiger partial charge < -0.3 is 4.98 Å². The molecule has 0 fully saturated rings. The van der Waals surface area contributed by atoms with E-state index >= 15 is 0 Å². The van der Waals surface area contributed by atoms with Gasteiger partial charge in [-0.15, -0.1) is 0 Å². The number of nitrogens with one attached hydrogen (secondary N) is 1. The zero-order valence-electron chi connectivity index (χ0n) is 8.44. The van der Waals surface area contributed by atoms with E-state index in [1.807, 2.05) is 36.4 Å². The fourth-order valence-electron chi connectivity index (χ4n) is 1.54. The molecular weight excluding hydrogens is 186 g/mol. The molecule has 2 heteroatoms. The second-order valence-electron chi connectivity index (χ2n) is 3.51. The summed E-state index contributed by atoms with van der Waals surface area (Å²) in [6.07, 6.45) is 4.90. The molecule has 0 radical (unpaired) electrons. The minimum absolute atomic E-state index is 0.195. The van der Waals surface area contributed by atoms with Crippen LogP contribution in [0, 0.1) is 0 Å². The van der Waals surface area contributed by atoms with E-state index in [1.54, 1.807) is 12.4 Å². The van der Waals surface area contributed by atoms with Crippen molar-refractivity contribution in [2.24, 2.45) is 0 Å². The number of aromatic amines is 1. The average Bonchev–Trinajstić information content (AvgIpc) is 2.81. The minimum Gasteiger partial charge on any atom is -0.367 e. The first kappa shape index (κ1) is 9.71. The SMILES string of the molecule is O=C(CCc1ccccc1)c1cc[nH]c1. The molecule has 0 saturated heterocycles. The number of ketones is 1. The van der Waals surface area contributed by atoms with Crippen LogP contribution in [0.1, 0.15) is 22.3 Å². The lowest BCUT2D eigenvalue weighted by atomic mass is 10.1. The van der Waals surface area contributed by atoms with Crippen molar-refractivity contribution >= 4 is 5.78 Å². The summed E-state index contributed by atoms with van der Waals surface area (Å²) < 4.78 is 0. The Morgan fingerprint density at radius 3 is 2.60 bits per heavy atom. The van der Waals surface area contributed by atoms with Crippen molar-refractivity contribution in [3.05, 3.63) is 59.9 Å². The molecule has 0 amide bonds. The lowest BCUT2D eigenvalue weighted by Gasteiger charge is -1.99. The van der Waals surface area contributed by atoms with Gasteiger partial charge in [-0.3, -0.25) is 4.79 Å². The van der Waals surface area contributed by atoms with Crippen molar-refractivity contribution in [2.75, 3.05) is 0 Å². The molecule has 2 rings (SSSR count). The van der Waals surface area contributed by atoms with Crippen LogP contribution >= 0.6 is 0 Å². The van der Waals surface area contributed by atoms with Crippen LogP contribution < -0.4 is 0 Å². The minimum atomic E-state index is 0.195. The van der Waals surface area contributed by atoms with Gasteiger partial charge in [-0.05, 0) is 18.1 Å². The molecule has 0 aliphatic rings. The van der Waals surface area contributed by atoms with E-state index in [9.17, 15) is 4.79 Å². The molecule has 0 atom stereocenters. The summed E-state index contributed by atoms with van der Waals surface area (Å²) in [5.74, 6) is 0.195. The van der Waals surface area contributed by atoms with Crippen molar-refractivity contribution < 1.29 is 4.79 Å². The van der Waals surface area contributed by atoms with Crippen LogP contribution in [0.2, 0.25) is 0 Å². The summed E-state index contributed by atoms with van der Waals surface area (Å²) in [6.45, 7) is 0. The maximum Gasteiger partial charge on any atom is 0.164 e. The molecule has 0 aliphatic carbocycles. The largest absolute Gasteiger partial charge is 0.367 e. The molecule has 1 heterocycles. The van der Waals surface area contributed by atoms with E-state index in [1.165, 1.54) is 5.56 Å². The maximum atomic E-state index is 11.7. The van der Waals surface area contributed by atoms with E-state index in [4.69, 9.17) is 0 Å². The van der Waals surface area contributed by atoms with Gasteiger partial charge in [0.25, 0.3) is 0 Å². The zero-order chi connectivity index (χ0) is 10.5. The molecule has 0 saturated carbocycles. The Bertz CT molecular complexity index is 417. The average molecular weight is 199 g/mol. The molecule has 1 N–H and O–H groups in total. The van der Waals surface area contributed by atoms with Crippen LogP contribution in [-0.4, -0.2) is 10.8 Å². The first-order chi connectivity index (χ1) is 7.36. The second kappa shape index (κ2) is 4.60. The highest BCUT2D eigenvalue weighted by atomic mass is 16.1. The van der Waals surface area contributed by atoms with Gasteiger partial charge >= 0.3 is 0 Å². The fraction of sp³-hybridized carbons (Fsp3) is 0.154. The smallest absolute Gasteiger partial charge is 0.164 e. The molecule has 2 nitrogen and oxygen atoms in total. The summed E-state index contributed by atoms with van der Waals surface area (Å²) in [5.41, 5.74) is 1.98. The second-order valence-corrected chi connectivity index (χ2v) is 3.51. The molecule has 0 spiro atoms. The van der Waals surface area contributed by atoms with Gasteiger partial charge in [-0.1, -0.05) is 30.3 Å². The van der Waals surface area contributed by atoms with Gasteiger partial charge in [0.05, 0.1) is 0 Å². The zero-order valence-corrected chi connectivity index (χ0v) is 8.44. The number of carbonyl (C=O) groups is 1. The number of hydrogen-bond donors (Lipinski definition) is 1. The van der Waals surface area contributed by atoms with Crippen LogP contribution in [0.4, 0.5) is 0 Å². The van der Waals surface area contributed by atoms with Crippen molar-refractivity contribution in [2.45, 2.75) is 12.8 Å². The number of aryl methyl sites for hydroxylation is 1. The molecule has 15 heavy (non-hydrogen) atoms. The fourth-order valence-corrected chi connectivity index (χ4v) is 1.54. The molecule has 0 bridgehead atoms. The summed E-state index contributed by atoms with van der Waals surface area (Å²) >= 11 is 0. The number of Topliss-reactive ketones (excluding diaryl/α,β-unsaturated/α-hetero) is 1. The highest BCUT2D eigenvalue weighted by Crippen LogP contribution is 2.07. The predicted octanol–water partition coefficient (Wildman–Crippen LogP) is 2.83. The highest BCUT2D eigenvalue weighted by molar-refractivity contribution is 5.95. The van der Waals surface area contributed by atoms with E-state index in [-0.39, 0.29) is 5.78 Å².